The summed E-state index contributed by atoms with van der Waals surface area (Å²) in [5.41, 5.74) is 0.603. The second kappa shape index (κ2) is 3.26. The van der Waals surface area contributed by atoms with Crippen molar-refractivity contribution in [2.45, 2.75) is 52.7 Å². The minimum absolute atomic E-state index is 0.248. The maximum absolute atomic E-state index is 10.8. The van der Waals surface area contributed by atoms with Gasteiger partial charge >= 0.3 is 0 Å². The van der Waals surface area contributed by atoms with Gasteiger partial charge in [0.1, 0.15) is 17.0 Å². The van der Waals surface area contributed by atoms with Crippen molar-refractivity contribution in [1.82, 2.24) is 0 Å². The van der Waals surface area contributed by atoms with Crippen molar-refractivity contribution in [3.63, 3.8) is 0 Å². The van der Waals surface area contributed by atoms with E-state index in [9.17, 15) is 5.11 Å². The summed E-state index contributed by atoms with van der Waals surface area (Å²) in [7, 11) is 0. The fourth-order valence-electron chi connectivity index (χ4n) is 2.50. The molecule has 1 aliphatic carbocycles. The van der Waals surface area contributed by atoms with Crippen molar-refractivity contribution in [2.75, 3.05) is 0 Å². The molecule has 0 fully saturated rings. The highest BCUT2D eigenvalue weighted by atomic mass is 16.5. The standard InChI is InChI=1S/C15H22O2/c1-10-7-11-8-14(5,6)17-12(11)9-15(10,16)13(2,3)4/h7-9,16H,1-6H3. The van der Waals surface area contributed by atoms with Crippen LogP contribution in [0.15, 0.2) is 35.1 Å². The SMILES string of the molecule is CC1=CC2=CC(C)(C)OC2=CC1(O)C(C)(C)C. The number of fused-ring (bicyclic) bond motifs is 1. The molecule has 0 aromatic rings. The maximum atomic E-state index is 10.8. The third kappa shape index (κ3) is 1.85. The van der Waals surface area contributed by atoms with Gasteiger partial charge in [-0.1, -0.05) is 20.8 Å². The van der Waals surface area contributed by atoms with Crippen molar-refractivity contribution >= 4 is 0 Å². The third-order valence-corrected chi connectivity index (χ3v) is 3.62. The number of hydrogen-bond donors (Lipinski definition) is 1. The van der Waals surface area contributed by atoms with Crippen molar-refractivity contribution in [3.8, 4) is 0 Å². The lowest BCUT2D eigenvalue weighted by atomic mass is 9.69. The van der Waals surface area contributed by atoms with Gasteiger partial charge in [-0.3, -0.25) is 0 Å². The summed E-state index contributed by atoms with van der Waals surface area (Å²) in [6.45, 7) is 12.1. The van der Waals surface area contributed by atoms with Gasteiger partial charge in [0.05, 0.1) is 0 Å². The zero-order valence-corrected chi connectivity index (χ0v) is 11.6. The summed E-state index contributed by atoms with van der Waals surface area (Å²) in [5.74, 6) is 0.804. The van der Waals surface area contributed by atoms with E-state index in [1.165, 1.54) is 0 Å². The van der Waals surface area contributed by atoms with Gasteiger partial charge in [-0.05, 0) is 50.0 Å². The normalized spacial score (nSPS) is 31.1. The molecule has 0 bridgehead atoms. The van der Waals surface area contributed by atoms with E-state index in [4.69, 9.17) is 4.74 Å². The van der Waals surface area contributed by atoms with Crippen LogP contribution in [-0.2, 0) is 4.74 Å². The number of hydrogen-bond acceptors (Lipinski definition) is 2. The van der Waals surface area contributed by atoms with Gasteiger partial charge in [0, 0.05) is 5.57 Å². The summed E-state index contributed by atoms with van der Waals surface area (Å²) in [5, 5.41) is 10.8. The Morgan fingerprint density at radius 1 is 1.18 bits per heavy atom. The smallest absolute Gasteiger partial charge is 0.126 e. The van der Waals surface area contributed by atoms with Crippen LogP contribution in [-0.4, -0.2) is 16.3 Å². The van der Waals surface area contributed by atoms with Crippen molar-refractivity contribution < 1.29 is 9.84 Å². The summed E-state index contributed by atoms with van der Waals surface area (Å²) < 4.78 is 5.86. The van der Waals surface area contributed by atoms with Crippen LogP contribution in [0.1, 0.15) is 41.5 Å². The topological polar surface area (TPSA) is 29.5 Å². The first kappa shape index (κ1) is 12.4. The molecule has 17 heavy (non-hydrogen) atoms. The predicted molar refractivity (Wildman–Crippen MR) is 69.5 cm³/mol. The molecule has 0 aromatic carbocycles. The highest BCUT2D eigenvalue weighted by Crippen LogP contribution is 2.45. The number of rotatable bonds is 0. The molecule has 2 aliphatic rings. The Bertz CT molecular complexity index is 444. The molecular formula is C15H22O2. The monoisotopic (exact) mass is 234 g/mol. The quantitative estimate of drug-likeness (QED) is 0.696. The van der Waals surface area contributed by atoms with Crippen LogP contribution >= 0.6 is 0 Å². The molecule has 1 aliphatic heterocycles. The Kier molecular flexibility index (Phi) is 2.38. The summed E-state index contributed by atoms with van der Waals surface area (Å²) in [6.07, 6.45) is 6.00. The summed E-state index contributed by atoms with van der Waals surface area (Å²) in [4.78, 5) is 0. The van der Waals surface area contributed by atoms with E-state index in [0.717, 1.165) is 16.9 Å². The second-order valence-corrected chi connectivity index (χ2v) is 6.66. The highest BCUT2D eigenvalue weighted by molar-refractivity contribution is 5.52. The van der Waals surface area contributed by atoms with Crippen molar-refractivity contribution in [1.29, 1.82) is 0 Å². The Labute approximate surface area is 104 Å². The van der Waals surface area contributed by atoms with Crippen LogP contribution < -0.4 is 0 Å². The van der Waals surface area contributed by atoms with E-state index < -0.39 is 5.60 Å². The minimum atomic E-state index is -0.930. The molecule has 94 valence electrons. The van der Waals surface area contributed by atoms with Crippen LogP contribution in [0, 0.1) is 5.41 Å². The first-order chi connectivity index (χ1) is 7.55. The van der Waals surface area contributed by atoms with E-state index in [0.29, 0.717) is 0 Å². The molecule has 0 spiro atoms. The average molecular weight is 234 g/mol. The van der Waals surface area contributed by atoms with Gasteiger partial charge in [0.25, 0.3) is 0 Å². The molecule has 2 rings (SSSR count). The van der Waals surface area contributed by atoms with E-state index in [1.54, 1.807) is 0 Å². The van der Waals surface area contributed by atoms with E-state index in [2.05, 4.69) is 6.08 Å². The molecule has 0 aromatic heterocycles. The average Bonchev–Trinajstić information content (AvgIpc) is 2.37. The summed E-state index contributed by atoms with van der Waals surface area (Å²) >= 11 is 0. The molecule has 2 heteroatoms. The molecule has 0 radical (unpaired) electrons. The van der Waals surface area contributed by atoms with Crippen molar-refractivity contribution in [2.24, 2.45) is 5.41 Å². The molecule has 0 amide bonds. The first-order valence-corrected chi connectivity index (χ1v) is 6.11. The van der Waals surface area contributed by atoms with Crippen LogP contribution in [0.2, 0.25) is 0 Å². The largest absolute Gasteiger partial charge is 0.483 e. The lowest BCUT2D eigenvalue weighted by Gasteiger charge is -2.41. The molecule has 2 nitrogen and oxygen atoms in total. The van der Waals surface area contributed by atoms with Gasteiger partial charge in [0.2, 0.25) is 0 Å². The highest BCUT2D eigenvalue weighted by Gasteiger charge is 2.44. The Morgan fingerprint density at radius 2 is 1.76 bits per heavy atom. The predicted octanol–water partition coefficient (Wildman–Crippen LogP) is 3.34. The third-order valence-electron chi connectivity index (χ3n) is 3.62. The Hall–Kier alpha value is -1.02. The lowest BCUT2D eigenvalue weighted by Crippen LogP contribution is -2.43. The maximum Gasteiger partial charge on any atom is 0.126 e. The van der Waals surface area contributed by atoms with Crippen LogP contribution in [0.5, 0.6) is 0 Å². The molecule has 1 atom stereocenters. The summed E-state index contributed by atoms with van der Waals surface area (Å²) in [6, 6.07) is 0. The zero-order chi connectivity index (χ0) is 13.1. The van der Waals surface area contributed by atoms with E-state index in [-0.39, 0.29) is 11.0 Å². The minimum Gasteiger partial charge on any atom is -0.483 e. The van der Waals surface area contributed by atoms with Gasteiger partial charge in [-0.15, -0.1) is 0 Å². The molecule has 0 saturated carbocycles. The zero-order valence-electron chi connectivity index (χ0n) is 11.6. The van der Waals surface area contributed by atoms with E-state index >= 15 is 0 Å². The lowest BCUT2D eigenvalue weighted by molar-refractivity contribution is 0.0112. The number of allylic oxidation sites excluding steroid dienone is 1. The number of ether oxygens (including phenoxy) is 1. The van der Waals surface area contributed by atoms with Gasteiger partial charge in [0.15, 0.2) is 0 Å². The van der Waals surface area contributed by atoms with Crippen LogP contribution in [0.4, 0.5) is 0 Å². The Morgan fingerprint density at radius 3 is 2.29 bits per heavy atom. The van der Waals surface area contributed by atoms with Gasteiger partial charge in [-0.2, -0.15) is 0 Å². The Balaban J connectivity index is 2.50. The molecule has 1 heterocycles. The molecule has 1 N–H and O–H groups in total. The fraction of sp³-hybridized carbons (Fsp3) is 0.600. The molecule has 0 saturated heterocycles. The van der Waals surface area contributed by atoms with Gasteiger partial charge in [-0.25, -0.2) is 0 Å². The van der Waals surface area contributed by atoms with Crippen molar-refractivity contribution in [3.05, 3.63) is 35.1 Å². The van der Waals surface area contributed by atoms with Gasteiger partial charge < -0.3 is 9.84 Å². The molecular weight excluding hydrogens is 212 g/mol. The van der Waals surface area contributed by atoms with E-state index in [1.807, 2.05) is 53.7 Å². The molecule has 1 unspecified atom stereocenters. The number of aliphatic hydroxyl groups is 1. The fourth-order valence-corrected chi connectivity index (χ4v) is 2.50. The second-order valence-electron chi connectivity index (χ2n) is 6.66. The first-order valence-electron chi connectivity index (χ1n) is 6.11. The van der Waals surface area contributed by atoms with Crippen LogP contribution in [0.3, 0.4) is 0 Å². The van der Waals surface area contributed by atoms with Crippen LogP contribution in [0.25, 0.3) is 0 Å².